The Morgan fingerprint density at radius 3 is 2.74 bits per heavy atom. The van der Waals surface area contributed by atoms with Crippen LogP contribution in [0.4, 0.5) is 16.2 Å². The Kier molecular flexibility index (Phi) is 4.83. The Labute approximate surface area is 138 Å². The van der Waals surface area contributed by atoms with Crippen molar-refractivity contribution in [2.24, 2.45) is 0 Å². The summed E-state index contributed by atoms with van der Waals surface area (Å²) in [6.45, 7) is 0.920. The molecule has 0 atom stereocenters. The van der Waals surface area contributed by atoms with Gasteiger partial charge in [0.2, 0.25) is 5.91 Å². The van der Waals surface area contributed by atoms with Gasteiger partial charge >= 0.3 is 6.09 Å². The molecule has 0 unspecified atom stereocenters. The van der Waals surface area contributed by atoms with Crippen LogP contribution in [0.3, 0.4) is 0 Å². The van der Waals surface area contributed by atoms with Gasteiger partial charge in [-0.1, -0.05) is 24.3 Å². The molecule has 0 radical (unpaired) electrons. The number of ether oxygens (including phenoxy) is 1. The number of thioether (sulfide) groups is 1. The second kappa shape index (κ2) is 7.19. The predicted octanol–water partition coefficient (Wildman–Crippen LogP) is 3.37. The summed E-state index contributed by atoms with van der Waals surface area (Å²) in [5.41, 5.74) is 1.39. The van der Waals surface area contributed by atoms with Crippen LogP contribution < -0.4 is 10.2 Å². The molecule has 0 aliphatic carbocycles. The SMILES string of the molecule is O=C(CSc1ccccc1)Nc1cccc(N2CCOC2=O)c1. The molecular weight excluding hydrogens is 312 g/mol. The fourth-order valence-electron chi connectivity index (χ4n) is 2.24. The lowest BCUT2D eigenvalue weighted by Gasteiger charge is -2.14. The smallest absolute Gasteiger partial charge is 0.414 e. The minimum atomic E-state index is -0.354. The molecule has 23 heavy (non-hydrogen) atoms. The lowest BCUT2D eigenvalue weighted by molar-refractivity contribution is -0.113. The average molecular weight is 328 g/mol. The van der Waals surface area contributed by atoms with Gasteiger partial charge in [0.1, 0.15) is 6.61 Å². The molecule has 5 nitrogen and oxygen atoms in total. The summed E-state index contributed by atoms with van der Waals surface area (Å²) in [5.74, 6) is 0.250. The normalized spacial score (nSPS) is 13.7. The molecule has 6 heteroatoms. The van der Waals surface area contributed by atoms with Crippen LogP contribution in [-0.2, 0) is 9.53 Å². The lowest BCUT2D eigenvalue weighted by atomic mass is 10.2. The van der Waals surface area contributed by atoms with Gasteiger partial charge in [0.15, 0.2) is 0 Å². The number of benzene rings is 2. The standard InChI is InChI=1S/C17H16N2O3S/c20-16(12-23-15-7-2-1-3-8-15)18-13-5-4-6-14(11-13)19-9-10-22-17(19)21/h1-8,11H,9-10,12H2,(H,18,20). The van der Waals surface area contributed by atoms with Gasteiger partial charge in [-0.15, -0.1) is 11.8 Å². The Hall–Kier alpha value is -2.47. The molecule has 0 saturated carbocycles. The van der Waals surface area contributed by atoms with Crippen molar-refractivity contribution in [2.45, 2.75) is 4.90 Å². The molecule has 1 saturated heterocycles. The first kappa shape index (κ1) is 15.4. The number of hydrogen-bond donors (Lipinski definition) is 1. The lowest BCUT2D eigenvalue weighted by Crippen LogP contribution is -2.23. The largest absolute Gasteiger partial charge is 0.447 e. The van der Waals surface area contributed by atoms with Crippen LogP contribution in [0, 0.1) is 0 Å². The third-order valence-electron chi connectivity index (χ3n) is 3.32. The number of carbonyl (C=O) groups excluding carboxylic acids is 2. The fourth-order valence-corrected chi connectivity index (χ4v) is 2.96. The van der Waals surface area contributed by atoms with E-state index in [4.69, 9.17) is 4.74 Å². The molecule has 1 fully saturated rings. The van der Waals surface area contributed by atoms with Crippen molar-refractivity contribution in [1.29, 1.82) is 0 Å². The van der Waals surface area contributed by atoms with Crippen molar-refractivity contribution in [3.63, 3.8) is 0 Å². The van der Waals surface area contributed by atoms with Crippen LogP contribution in [0.5, 0.6) is 0 Å². The zero-order valence-corrected chi connectivity index (χ0v) is 13.2. The molecular formula is C17H16N2O3S. The van der Waals surface area contributed by atoms with Gasteiger partial charge in [-0.3, -0.25) is 9.69 Å². The van der Waals surface area contributed by atoms with Crippen molar-refractivity contribution in [1.82, 2.24) is 0 Å². The van der Waals surface area contributed by atoms with Crippen LogP contribution in [-0.4, -0.2) is 30.9 Å². The fraction of sp³-hybridized carbons (Fsp3) is 0.176. The number of anilines is 2. The van der Waals surface area contributed by atoms with Gasteiger partial charge < -0.3 is 10.1 Å². The van der Waals surface area contributed by atoms with E-state index in [1.807, 2.05) is 36.4 Å². The summed E-state index contributed by atoms with van der Waals surface area (Å²) < 4.78 is 4.92. The number of hydrogen-bond acceptors (Lipinski definition) is 4. The number of nitrogens with one attached hydrogen (secondary N) is 1. The van der Waals surface area contributed by atoms with Crippen LogP contribution >= 0.6 is 11.8 Å². The summed E-state index contributed by atoms with van der Waals surface area (Å²) >= 11 is 1.48. The maximum Gasteiger partial charge on any atom is 0.414 e. The second-order valence-corrected chi connectivity index (χ2v) is 6.01. The molecule has 0 bridgehead atoms. The highest BCUT2D eigenvalue weighted by atomic mass is 32.2. The molecule has 1 aliphatic heterocycles. The van der Waals surface area contributed by atoms with Gasteiger partial charge in [-0.2, -0.15) is 0 Å². The van der Waals surface area contributed by atoms with E-state index in [0.29, 0.717) is 24.6 Å². The highest BCUT2D eigenvalue weighted by Crippen LogP contribution is 2.23. The quantitative estimate of drug-likeness (QED) is 0.855. The second-order valence-electron chi connectivity index (χ2n) is 4.97. The van der Waals surface area contributed by atoms with E-state index in [9.17, 15) is 9.59 Å². The zero-order chi connectivity index (χ0) is 16.1. The monoisotopic (exact) mass is 328 g/mol. The van der Waals surface area contributed by atoms with Gasteiger partial charge in [0.05, 0.1) is 12.3 Å². The molecule has 2 aromatic rings. The van der Waals surface area contributed by atoms with E-state index in [1.54, 1.807) is 23.1 Å². The Balaban J connectivity index is 1.59. The topological polar surface area (TPSA) is 58.6 Å². The van der Waals surface area contributed by atoms with Gasteiger partial charge in [-0.25, -0.2) is 4.79 Å². The molecule has 118 valence electrons. The summed E-state index contributed by atoms with van der Waals surface area (Å²) in [6.07, 6.45) is -0.354. The van der Waals surface area contributed by atoms with E-state index in [1.165, 1.54) is 11.8 Å². The van der Waals surface area contributed by atoms with Crippen molar-refractivity contribution in [2.75, 3.05) is 29.1 Å². The number of cyclic esters (lactones) is 1. The molecule has 3 rings (SSSR count). The summed E-state index contributed by atoms with van der Waals surface area (Å²) in [7, 11) is 0. The highest BCUT2D eigenvalue weighted by Gasteiger charge is 2.23. The third-order valence-corrected chi connectivity index (χ3v) is 4.33. The minimum Gasteiger partial charge on any atom is -0.447 e. The third kappa shape index (κ3) is 4.04. The van der Waals surface area contributed by atoms with E-state index >= 15 is 0 Å². The number of carbonyl (C=O) groups is 2. The zero-order valence-electron chi connectivity index (χ0n) is 12.4. The Morgan fingerprint density at radius 2 is 2.00 bits per heavy atom. The highest BCUT2D eigenvalue weighted by molar-refractivity contribution is 8.00. The van der Waals surface area contributed by atoms with Crippen molar-refractivity contribution < 1.29 is 14.3 Å². The molecule has 0 aromatic heterocycles. The number of rotatable bonds is 5. The number of amides is 2. The summed E-state index contributed by atoms with van der Waals surface area (Å²) in [6, 6.07) is 17.0. The summed E-state index contributed by atoms with van der Waals surface area (Å²) in [5, 5.41) is 2.85. The van der Waals surface area contributed by atoms with E-state index in [2.05, 4.69) is 5.32 Å². The first-order valence-electron chi connectivity index (χ1n) is 7.24. The maximum atomic E-state index is 12.0. The van der Waals surface area contributed by atoms with Gasteiger partial charge in [0.25, 0.3) is 0 Å². The average Bonchev–Trinajstić information content (AvgIpc) is 3.00. The van der Waals surface area contributed by atoms with Gasteiger partial charge in [0, 0.05) is 16.3 Å². The van der Waals surface area contributed by atoms with E-state index < -0.39 is 0 Å². The molecule has 1 heterocycles. The first-order chi connectivity index (χ1) is 11.2. The van der Waals surface area contributed by atoms with Crippen LogP contribution in [0.15, 0.2) is 59.5 Å². The molecule has 1 N–H and O–H groups in total. The first-order valence-corrected chi connectivity index (χ1v) is 8.23. The van der Waals surface area contributed by atoms with Crippen molar-refractivity contribution in [3.8, 4) is 0 Å². The maximum absolute atomic E-state index is 12.0. The van der Waals surface area contributed by atoms with E-state index in [0.717, 1.165) is 10.6 Å². The number of nitrogens with zero attached hydrogens (tertiary/aromatic N) is 1. The van der Waals surface area contributed by atoms with Crippen LogP contribution in [0.25, 0.3) is 0 Å². The predicted molar refractivity (Wildman–Crippen MR) is 90.9 cm³/mol. The van der Waals surface area contributed by atoms with Crippen molar-refractivity contribution in [3.05, 3.63) is 54.6 Å². The van der Waals surface area contributed by atoms with Crippen LogP contribution in [0.1, 0.15) is 0 Å². The molecule has 2 amide bonds. The van der Waals surface area contributed by atoms with Gasteiger partial charge in [-0.05, 0) is 30.3 Å². The Bertz CT molecular complexity index is 706. The molecule has 0 spiro atoms. The minimum absolute atomic E-state index is 0.0833. The summed E-state index contributed by atoms with van der Waals surface area (Å²) in [4.78, 5) is 26.2. The molecule has 2 aromatic carbocycles. The van der Waals surface area contributed by atoms with Crippen molar-refractivity contribution >= 4 is 35.1 Å². The molecule has 1 aliphatic rings. The van der Waals surface area contributed by atoms with E-state index in [-0.39, 0.29) is 12.0 Å². The Morgan fingerprint density at radius 1 is 1.17 bits per heavy atom. The van der Waals surface area contributed by atoms with Crippen LogP contribution in [0.2, 0.25) is 0 Å².